The Morgan fingerprint density at radius 3 is 2.39 bits per heavy atom. The Labute approximate surface area is 105 Å². The molecule has 1 aromatic heterocycles. The molecule has 7 heteroatoms. The van der Waals surface area contributed by atoms with Gasteiger partial charge < -0.3 is 5.11 Å². The highest BCUT2D eigenvalue weighted by Gasteiger charge is 2.16. The second kappa shape index (κ2) is 4.34. The Morgan fingerprint density at radius 1 is 1.28 bits per heavy atom. The second-order valence-corrected chi connectivity index (χ2v) is 5.58. The number of benzene rings is 1. The smallest absolute Gasteiger partial charge is 0.263 e. The predicted octanol–water partition coefficient (Wildman–Crippen LogP) is 1.23. The molecule has 0 bridgehead atoms. The van der Waals surface area contributed by atoms with Gasteiger partial charge in [0, 0.05) is 13.1 Å². The summed E-state index contributed by atoms with van der Waals surface area (Å²) in [4.78, 5) is 0.0825. The highest BCUT2D eigenvalue weighted by atomic mass is 32.2. The molecular formula is C11H13N3O3S. The van der Waals surface area contributed by atoms with Crippen molar-refractivity contribution in [2.45, 2.75) is 11.8 Å². The van der Waals surface area contributed by atoms with Gasteiger partial charge in [0.2, 0.25) is 0 Å². The zero-order valence-electron chi connectivity index (χ0n) is 9.95. The summed E-state index contributed by atoms with van der Waals surface area (Å²) in [6.07, 6.45) is 0. The average molecular weight is 267 g/mol. The Bertz CT molecular complexity index is 659. The van der Waals surface area contributed by atoms with Crippen LogP contribution in [0, 0.1) is 6.92 Å². The molecule has 1 heterocycles. The normalized spacial score (nSPS) is 11.4. The van der Waals surface area contributed by atoms with Gasteiger partial charge in [-0.2, -0.15) is 5.10 Å². The molecule has 0 aliphatic carbocycles. The Kier molecular flexibility index (Phi) is 3.00. The molecule has 2 rings (SSSR count). The zero-order chi connectivity index (χ0) is 13.3. The molecule has 0 spiro atoms. The van der Waals surface area contributed by atoms with Gasteiger partial charge in [0.15, 0.2) is 0 Å². The van der Waals surface area contributed by atoms with Gasteiger partial charge >= 0.3 is 0 Å². The van der Waals surface area contributed by atoms with E-state index in [2.05, 4.69) is 9.82 Å². The molecule has 0 aliphatic rings. The third-order valence-electron chi connectivity index (χ3n) is 2.39. The molecule has 2 N–H and O–H groups in total. The quantitative estimate of drug-likeness (QED) is 0.876. The van der Waals surface area contributed by atoms with Crippen LogP contribution in [0.25, 0.3) is 0 Å². The summed E-state index contributed by atoms with van der Waals surface area (Å²) in [6, 6.07) is 6.95. The van der Waals surface area contributed by atoms with Gasteiger partial charge in [-0.05, 0) is 31.2 Å². The topological polar surface area (TPSA) is 84.2 Å². The molecular weight excluding hydrogens is 254 g/mol. The predicted molar refractivity (Wildman–Crippen MR) is 66.9 cm³/mol. The molecule has 18 heavy (non-hydrogen) atoms. The van der Waals surface area contributed by atoms with E-state index < -0.39 is 10.0 Å². The number of anilines is 1. The maximum atomic E-state index is 12.0. The number of aromatic nitrogens is 2. The second-order valence-electron chi connectivity index (χ2n) is 3.89. The minimum atomic E-state index is -3.66. The molecule has 0 aliphatic heterocycles. The Morgan fingerprint density at radius 2 is 1.89 bits per heavy atom. The van der Waals surface area contributed by atoms with Crippen molar-refractivity contribution in [1.82, 2.24) is 9.78 Å². The maximum absolute atomic E-state index is 12.0. The largest absolute Gasteiger partial charge is 0.508 e. The van der Waals surface area contributed by atoms with E-state index >= 15 is 0 Å². The molecule has 0 saturated heterocycles. The molecule has 0 amide bonds. The lowest BCUT2D eigenvalue weighted by molar-refractivity contribution is 0.475. The number of phenolic OH excluding ortho intramolecular Hbond substituents is 1. The number of nitrogens with zero attached hydrogens (tertiary/aromatic N) is 2. The standard InChI is InChI=1S/C11H13N3O3S/c1-8-7-11(14(2)12-8)13-18(16,17)10-5-3-9(15)4-6-10/h3-7,13,15H,1-2H3. The first-order valence-corrected chi connectivity index (χ1v) is 6.69. The van der Waals surface area contributed by atoms with Gasteiger partial charge in [0.1, 0.15) is 11.6 Å². The van der Waals surface area contributed by atoms with Crippen LogP contribution < -0.4 is 4.72 Å². The van der Waals surface area contributed by atoms with E-state index in [9.17, 15) is 8.42 Å². The van der Waals surface area contributed by atoms with Gasteiger partial charge in [-0.1, -0.05) is 0 Å². The third kappa shape index (κ3) is 2.45. The van der Waals surface area contributed by atoms with Crippen molar-refractivity contribution in [1.29, 1.82) is 0 Å². The fraction of sp³-hybridized carbons (Fsp3) is 0.182. The first-order valence-electron chi connectivity index (χ1n) is 5.21. The molecule has 0 atom stereocenters. The summed E-state index contributed by atoms with van der Waals surface area (Å²) < 4.78 is 28.0. The fourth-order valence-electron chi connectivity index (χ4n) is 1.53. The number of sulfonamides is 1. The average Bonchev–Trinajstić information content (AvgIpc) is 2.57. The lowest BCUT2D eigenvalue weighted by Gasteiger charge is -2.07. The van der Waals surface area contributed by atoms with Crippen molar-refractivity contribution in [3.63, 3.8) is 0 Å². The van der Waals surface area contributed by atoms with Gasteiger partial charge in [-0.3, -0.25) is 9.40 Å². The first-order chi connectivity index (χ1) is 8.38. The molecule has 0 radical (unpaired) electrons. The molecule has 2 aromatic rings. The van der Waals surface area contributed by atoms with E-state index in [4.69, 9.17) is 5.11 Å². The van der Waals surface area contributed by atoms with Crippen LogP contribution in [0.5, 0.6) is 5.75 Å². The lowest BCUT2D eigenvalue weighted by Crippen LogP contribution is -2.15. The molecule has 0 unspecified atom stereocenters. The summed E-state index contributed by atoms with van der Waals surface area (Å²) in [5, 5.41) is 13.2. The van der Waals surface area contributed by atoms with Crippen molar-refractivity contribution < 1.29 is 13.5 Å². The van der Waals surface area contributed by atoms with Crippen LogP contribution in [-0.2, 0) is 17.1 Å². The first kappa shape index (κ1) is 12.4. The monoisotopic (exact) mass is 267 g/mol. The summed E-state index contributed by atoms with van der Waals surface area (Å²) in [5.41, 5.74) is 0.723. The number of nitrogens with one attached hydrogen (secondary N) is 1. The molecule has 0 saturated carbocycles. The highest BCUT2D eigenvalue weighted by Crippen LogP contribution is 2.18. The summed E-state index contributed by atoms with van der Waals surface area (Å²) >= 11 is 0. The van der Waals surface area contributed by atoms with Crippen LogP contribution in [-0.4, -0.2) is 23.3 Å². The minimum absolute atomic E-state index is 0.0188. The molecule has 1 aromatic carbocycles. The van der Waals surface area contributed by atoms with Crippen LogP contribution in [0.4, 0.5) is 5.82 Å². The van der Waals surface area contributed by atoms with Crippen molar-refractivity contribution in [2.24, 2.45) is 7.05 Å². The summed E-state index contributed by atoms with van der Waals surface area (Å²) in [5.74, 6) is 0.408. The third-order valence-corrected chi connectivity index (χ3v) is 3.76. The number of rotatable bonds is 3. The van der Waals surface area contributed by atoms with Gasteiger partial charge in [-0.15, -0.1) is 0 Å². The van der Waals surface area contributed by atoms with Crippen molar-refractivity contribution in [2.75, 3.05) is 4.72 Å². The van der Waals surface area contributed by atoms with Crippen LogP contribution in [0.15, 0.2) is 35.2 Å². The molecule has 6 nitrogen and oxygen atoms in total. The van der Waals surface area contributed by atoms with Crippen molar-refractivity contribution in [3.8, 4) is 5.75 Å². The zero-order valence-corrected chi connectivity index (χ0v) is 10.8. The summed E-state index contributed by atoms with van der Waals surface area (Å²) in [6.45, 7) is 1.78. The number of aryl methyl sites for hydroxylation is 2. The van der Waals surface area contributed by atoms with E-state index in [1.807, 2.05) is 0 Å². The van der Waals surface area contributed by atoms with E-state index in [0.717, 1.165) is 5.69 Å². The minimum Gasteiger partial charge on any atom is -0.508 e. The van der Waals surface area contributed by atoms with Gasteiger partial charge in [0.25, 0.3) is 10.0 Å². The van der Waals surface area contributed by atoms with Crippen molar-refractivity contribution in [3.05, 3.63) is 36.0 Å². The van der Waals surface area contributed by atoms with Crippen molar-refractivity contribution >= 4 is 15.8 Å². The lowest BCUT2D eigenvalue weighted by atomic mass is 10.3. The van der Waals surface area contributed by atoms with E-state index in [1.165, 1.54) is 28.9 Å². The van der Waals surface area contributed by atoms with Crippen LogP contribution >= 0.6 is 0 Å². The van der Waals surface area contributed by atoms with E-state index in [-0.39, 0.29) is 10.6 Å². The fourth-order valence-corrected chi connectivity index (χ4v) is 2.61. The van der Waals surface area contributed by atoms with E-state index in [1.54, 1.807) is 20.0 Å². The van der Waals surface area contributed by atoms with E-state index in [0.29, 0.717) is 5.82 Å². The Hall–Kier alpha value is -2.02. The highest BCUT2D eigenvalue weighted by molar-refractivity contribution is 7.92. The van der Waals surface area contributed by atoms with Crippen LogP contribution in [0.1, 0.15) is 5.69 Å². The number of hydrogen-bond acceptors (Lipinski definition) is 4. The number of aromatic hydroxyl groups is 1. The van der Waals surface area contributed by atoms with Gasteiger partial charge in [0.05, 0.1) is 10.6 Å². The SMILES string of the molecule is Cc1cc(NS(=O)(=O)c2ccc(O)cc2)n(C)n1. The van der Waals surface area contributed by atoms with Crippen LogP contribution in [0.2, 0.25) is 0 Å². The van der Waals surface area contributed by atoms with Crippen LogP contribution in [0.3, 0.4) is 0 Å². The van der Waals surface area contributed by atoms with Gasteiger partial charge in [-0.25, -0.2) is 8.42 Å². The summed E-state index contributed by atoms with van der Waals surface area (Å²) in [7, 11) is -2.01. The number of phenols is 1. The maximum Gasteiger partial charge on any atom is 0.263 e. The number of hydrogen-bond donors (Lipinski definition) is 2. The Balaban J connectivity index is 2.33. The molecule has 96 valence electrons. The molecule has 0 fully saturated rings.